The number of halogens is 2. The summed E-state index contributed by atoms with van der Waals surface area (Å²) in [5.74, 6) is 0.126. The summed E-state index contributed by atoms with van der Waals surface area (Å²) in [5, 5.41) is 3.92. The highest BCUT2D eigenvalue weighted by atomic mass is 35.5. The van der Waals surface area contributed by atoms with Gasteiger partial charge >= 0.3 is 0 Å². The first kappa shape index (κ1) is 14.0. The molecule has 100 valence electrons. The van der Waals surface area contributed by atoms with Crippen LogP contribution in [0, 0.1) is 5.82 Å². The lowest BCUT2D eigenvalue weighted by molar-refractivity contribution is 0.608. The molecule has 0 aliphatic carbocycles. The van der Waals surface area contributed by atoms with Gasteiger partial charge in [-0.05, 0) is 48.9 Å². The Balaban J connectivity index is 2.18. The molecule has 0 aliphatic heterocycles. The van der Waals surface area contributed by atoms with Gasteiger partial charge in [-0.2, -0.15) is 0 Å². The highest BCUT2D eigenvalue weighted by Gasteiger charge is 2.12. The van der Waals surface area contributed by atoms with Crippen LogP contribution in [0.15, 0.2) is 48.5 Å². The average molecular weight is 278 g/mol. The molecular formula is C16H17ClFN. The van der Waals surface area contributed by atoms with E-state index in [0.717, 1.165) is 23.6 Å². The van der Waals surface area contributed by atoms with Gasteiger partial charge in [0.2, 0.25) is 0 Å². The van der Waals surface area contributed by atoms with E-state index in [2.05, 4.69) is 5.32 Å². The zero-order valence-corrected chi connectivity index (χ0v) is 11.6. The van der Waals surface area contributed by atoms with E-state index in [1.54, 1.807) is 12.1 Å². The van der Waals surface area contributed by atoms with E-state index >= 15 is 0 Å². The molecule has 19 heavy (non-hydrogen) atoms. The Morgan fingerprint density at radius 2 is 1.89 bits per heavy atom. The molecule has 1 N–H and O–H groups in total. The summed E-state index contributed by atoms with van der Waals surface area (Å²) in [6.07, 6.45) is 0.806. The maximum absolute atomic E-state index is 13.2. The monoisotopic (exact) mass is 277 g/mol. The second kappa shape index (κ2) is 6.69. The van der Waals surface area contributed by atoms with Crippen LogP contribution in [-0.2, 0) is 6.42 Å². The second-order valence-corrected chi connectivity index (χ2v) is 5.08. The van der Waals surface area contributed by atoms with Crippen LogP contribution in [-0.4, -0.2) is 13.6 Å². The van der Waals surface area contributed by atoms with E-state index in [0.29, 0.717) is 5.92 Å². The predicted molar refractivity (Wildman–Crippen MR) is 78.2 cm³/mol. The highest BCUT2D eigenvalue weighted by molar-refractivity contribution is 6.30. The minimum atomic E-state index is -0.184. The van der Waals surface area contributed by atoms with E-state index in [9.17, 15) is 4.39 Å². The highest BCUT2D eigenvalue weighted by Crippen LogP contribution is 2.22. The Bertz CT molecular complexity index is 525. The summed E-state index contributed by atoms with van der Waals surface area (Å²) in [5.41, 5.74) is 2.22. The van der Waals surface area contributed by atoms with Gasteiger partial charge in [0, 0.05) is 17.5 Å². The van der Waals surface area contributed by atoms with Crippen molar-refractivity contribution < 1.29 is 4.39 Å². The third kappa shape index (κ3) is 4.05. The van der Waals surface area contributed by atoms with Crippen LogP contribution in [0.3, 0.4) is 0 Å². The lowest BCUT2D eigenvalue weighted by Crippen LogP contribution is -2.19. The zero-order chi connectivity index (χ0) is 13.7. The van der Waals surface area contributed by atoms with Crippen molar-refractivity contribution in [1.82, 2.24) is 5.32 Å². The minimum Gasteiger partial charge on any atom is -0.319 e. The molecule has 2 rings (SSSR count). The van der Waals surface area contributed by atoms with Crippen molar-refractivity contribution in [2.24, 2.45) is 0 Å². The van der Waals surface area contributed by atoms with Gasteiger partial charge in [0.1, 0.15) is 5.82 Å². The number of hydrogen-bond donors (Lipinski definition) is 1. The van der Waals surface area contributed by atoms with Crippen molar-refractivity contribution in [3.63, 3.8) is 0 Å². The zero-order valence-electron chi connectivity index (χ0n) is 10.9. The summed E-state index contributed by atoms with van der Waals surface area (Å²) in [7, 11) is 1.93. The number of benzene rings is 2. The third-order valence-corrected chi connectivity index (χ3v) is 3.42. The van der Waals surface area contributed by atoms with Gasteiger partial charge in [0.25, 0.3) is 0 Å². The number of nitrogens with one attached hydrogen (secondary N) is 1. The Labute approximate surface area is 118 Å². The summed E-state index contributed by atoms with van der Waals surface area (Å²) < 4.78 is 13.2. The fourth-order valence-electron chi connectivity index (χ4n) is 2.24. The fourth-order valence-corrected chi connectivity index (χ4v) is 2.36. The van der Waals surface area contributed by atoms with E-state index in [4.69, 9.17) is 11.6 Å². The van der Waals surface area contributed by atoms with Gasteiger partial charge in [0.05, 0.1) is 0 Å². The molecule has 0 aromatic heterocycles. The van der Waals surface area contributed by atoms with E-state index < -0.39 is 0 Å². The van der Waals surface area contributed by atoms with Crippen LogP contribution in [0.5, 0.6) is 0 Å². The Morgan fingerprint density at radius 1 is 1.16 bits per heavy atom. The third-order valence-electron chi connectivity index (χ3n) is 3.16. The molecule has 0 aliphatic rings. The van der Waals surface area contributed by atoms with Gasteiger partial charge in [-0.15, -0.1) is 0 Å². The molecular weight excluding hydrogens is 261 g/mol. The first-order valence-electron chi connectivity index (χ1n) is 6.33. The first-order chi connectivity index (χ1) is 9.19. The molecule has 0 heterocycles. The molecule has 0 amide bonds. The van der Waals surface area contributed by atoms with Crippen molar-refractivity contribution in [1.29, 1.82) is 0 Å². The maximum atomic E-state index is 13.2. The molecule has 0 fully saturated rings. The largest absolute Gasteiger partial charge is 0.319 e. The van der Waals surface area contributed by atoms with Gasteiger partial charge < -0.3 is 5.32 Å². The molecule has 0 spiro atoms. The predicted octanol–water partition coefficient (Wildman–Crippen LogP) is 4.02. The second-order valence-electron chi connectivity index (χ2n) is 4.64. The SMILES string of the molecule is CNCC(Cc1cccc(F)c1)c1ccc(Cl)cc1. The summed E-state index contributed by atoms with van der Waals surface area (Å²) >= 11 is 5.91. The summed E-state index contributed by atoms with van der Waals surface area (Å²) in [6, 6.07) is 14.6. The maximum Gasteiger partial charge on any atom is 0.123 e. The Hall–Kier alpha value is -1.38. The summed E-state index contributed by atoms with van der Waals surface area (Å²) in [4.78, 5) is 0. The Morgan fingerprint density at radius 3 is 2.53 bits per heavy atom. The standard InChI is InChI=1S/C16H17ClFN/c1-19-11-14(13-5-7-15(17)8-6-13)9-12-3-2-4-16(18)10-12/h2-8,10,14,19H,9,11H2,1H3. The minimum absolute atomic E-state index is 0.184. The normalized spacial score (nSPS) is 12.4. The molecule has 0 saturated carbocycles. The quantitative estimate of drug-likeness (QED) is 0.870. The van der Waals surface area contributed by atoms with Crippen molar-refractivity contribution in [3.8, 4) is 0 Å². The number of likely N-dealkylation sites (N-methyl/N-ethyl adjacent to an activating group) is 1. The van der Waals surface area contributed by atoms with Crippen LogP contribution >= 0.6 is 11.6 Å². The van der Waals surface area contributed by atoms with Gasteiger partial charge in [-0.3, -0.25) is 0 Å². The van der Waals surface area contributed by atoms with E-state index in [1.807, 2.05) is 37.4 Å². The van der Waals surface area contributed by atoms with Crippen LogP contribution in [0.1, 0.15) is 17.0 Å². The van der Waals surface area contributed by atoms with Gasteiger partial charge in [-0.1, -0.05) is 35.9 Å². The van der Waals surface area contributed by atoms with Crippen LogP contribution in [0.2, 0.25) is 5.02 Å². The lowest BCUT2D eigenvalue weighted by atomic mass is 9.92. The molecule has 2 aromatic carbocycles. The molecule has 1 atom stereocenters. The van der Waals surface area contributed by atoms with Crippen LogP contribution < -0.4 is 5.32 Å². The molecule has 0 bridgehead atoms. The fraction of sp³-hybridized carbons (Fsp3) is 0.250. The van der Waals surface area contributed by atoms with Crippen molar-refractivity contribution in [2.75, 3.05) is 13.6 Å². The van der Waals surface area contributed by atoms with Crippen LogP contribution in [0.4, 0.5) is 4.39 Å². The van der Waals surface area contributed by atoms with Crippen molar-refractivity contribution in [2.45, 2.75) is 12.3 Å². The van der Waals surface area contributed by atoms with E-state index in [-0.39, 0.29) is 5.82 Å². The molecule has 2 aromatic rings. The van der Waals surface area contributed by atoms with Crippen molar-refractivity contribution in [3.05, 3.63) is 70.5 Å². The molecule has 0 saturated heterocycles. The van der Waals surface area contributed by atoms with Gasteiger partial charge in [0.15, 0.2) is 0 Å². The molecule has 1 unspecified atom stereocenters. The lowest BCUT2D eigenvalue weighted by Gasteiger charge is -2.17. The average Bonchev–Trinajstić information content (AvgIpc) is 2.39. The smallest absolute Gasteiger partial charge is 0.123 e. The van der Waals surface area contributed by atoms with Crippen LogP contribution in [0.25, 0.3) is 0 Å². The van der Waals surface area contributed by atoms with Gasteiger partial charge in [-0.25, -0.2) is 4.39 Å². The molecule has 1 nitrogen and oxygen atoms in total. The first-order valence-corrected chi connectivity index (χ1v) is 6.71. The number of rotatable bonds is 5. The topological polar surface area (TPSA) is 12.0 Å². The van der Waals surface area contributed by atoms with Crippen molar-refractivity contribution >= 4 is 11.6 Å². The number of hydrogen-bond acceptors (Lipinski definition) is 1. The molecule has 0 radical (unpaired) electrons. The van der Waals surface area contributed by atoms with E-state index in [1.165, 1.54) is 11.6 Å². The summed E-state index contributed by atoms with van der Waals surface area (Å²) in [6.45, 7) is 0.845. The Kier molecular flexibility index (Phi) is 4.94. The molecule has 3 heteroatoms.